The maximum atomic E-state index is 2.71. The van der Waals surface area contributed by atoms with Crippen molar-refractivity contribution in [2.24, 2.45) is 0 Å². The van der Waals surface area contributed by atoms with Crippen LogP contribution in [0.4, 0.5) is 11.4 Å². The van der Waals surface area contributed by atoms with Crippen LogP contribution in [0.15, 0.2) is 48.5 Å². The van der Waals surface area contributed by atoms with Crippen LogP contribution in [0.25, 0.3) is 11.1 Å². The van der Waals surface area contributed by atoms with E-state index in [1.165, 1.54) is 22.5 Å². The van der Waals surface area contributed by atoms with Gasteiger partial charge in [0.05, 0.1) is 18.0 Å². The van der Waals surface area contributed by atoms with Crippen LogP contribution in [0.1, 0.15) is 83.1 Å². The van der Waals surface area contributed by atoms with Gasteiger partial charge in [-0.2, -0.15) is 0 Å². The Bertz CT molecular complexity index is 960. The number of hydrogen-bond donors (Lipinski definition) is 0. The summed E-state index contributed by atoms with van der Waals surface area (Å²) in [6.07, 6.45) is 2.30. The molecule has 2 aromatic carbocycles. The zero-order chi connectivity index (χ0) is 26.4. The van der Waals surface area contributed by atoms with E-state index < -0.39 is 0 Å². The predicted octanol–water partition coefficient (Wildman–Crippen LogP) is 10.0. The molecule has 2 aromatic rings. The Morgan fingerprint density at radius 2 is 0.971 bits per heavy atom. The summed E-state index contributed by atoms with van der Waals surface area (Å²) in [4.78, 5) is 5.41. The molecule has 0 saturated heterocycles. The fourth-order valence-electron chi connectivity index (χ4n) is 5.66. The molecular formula is C31H50N2P2. The van der Waals surface area contributed by atoms with Crippen molar-refractivity contribution in [3.63, 3.8) is 0 Å². The van der Waals surface area contributed by atoms with Gasteiger partial charge in [0.25, 0.3) is 0 Å². The summed E-state index contributed by atoms with van der Waals surface area (Å²) >= 11 is 0. The van der Waals surface area contributed by atoms with Crippen LogP contribution in [0.5, 0.6) is 0 Å². The fourth-order valence-corrected chi connectivity index (χ4v) is 12.5. The average molecular weight is 513 g/mol. The maximum absolute atomic E-state index is 2.71. The molecule has 0 atom stereocenters. The second-order valence-corrected chi connectivity index (χ2v) is 21.8. The number of fused-ring (bicyclic) bond motifs is 1. The van der Waals surface area contributed by atoms with Crippen molar-refractivity contribution in [2.75, 3.05) is 29.0 Å². The molecule has 0 aromatic heterocycles. The molecular weight excluding hydrogens is 462 g/mol. The lowest BCUT2D eigenvalue weighted by Gasteiger charge is -2.45. The SMILES string of the molecule is CC(C)(C)P(CN1CN(CP(C(C)(C)C)C(C)(C)C)c2cc(-c3ccccc3)ccc21)C(C)(C)C. The minimum atomic E-state index is -0.222. The molecule has 1 aliphatic heterocycles. The number of rotatable bonds is 5. The molecule has 2 nitrogen and oxygen atoms in total. The van der Waals surface area contributed by atoms with Gasteiger partial charge in [-0.25, -0.2) is 0 Å². The molecule has 0 fully saturated rings. The first-order valence-electron chi connectivity index (χ1n) is 13.1. The summed E-state index contributed by atoms with van der Waals surface area (Å²) < 4.78 is 0. The van der Waals surface area contributed by atoms with Gasteiger partial charge in [-0.05, 0) is 43.9 Å². The van der Waals surface area contributed by atoms with E-state index in [4.69, 9.17) is 0 Å². The lowest BCUT2D eigenvalue weighted by atomic mass is 10.0. The Kier molecular flexibility index (Phi) is 8.12. The second-order valence-electron chi connectivity index (χ2n) is 14.1. The van der Waals surface area contributed by atoms with Gasteiger partial charge in [-0.15, -0.1) is 0 Å². The van der Waals surface area contributed by atoms with Gasteiger partial charge in [0, 0.05) is 12.6 Å². The molecule has 0 bridgehead atoms. The Morgan fingerprint density at radius 3 is 1.40 bits per heavy atom. The number of hydrogen-bond acceptors (Lipinski definition) is 2. The van der Waals surface area contributed by atoms with Crippen molar-refractivity contribution < 1.29 is 0 Å². The van der Waals surface area contributed by atoms with Crippen LogP contribution in [0.3, 0.4) is 0 Å². The summed E-state index contributed by atoms with van der Waals surface area (Å²) in [6, 6.07) is 18.0. The molecule has 0 saturated carbocycles. The van der Waals surface area contributed by atoms with E-state index >= 15 is 0 Å². The van der Waals surface area contributed by atoms with Gasteiger partial charge in [-0.3, -0.25) is 0 Å². The van der Waals surface area contributed by atoms with Crippen LogP contribution in [-0.2, 0) is 0 Å². The van der Waals surface area contributed by atoms with Gasteiger partial charge >= 0.3 is 0 Å². The third-order valence-electron chi connectivity index (χ3n) is 6.97. The van der Waals surface area contributed by atoms with Crippen molar-refractivity contribution in [3.05, 3.63) is 48.5 Å². The topological polar surface area (TPSA) is 6.48 Å². The van der Waals surface area contributed by atoms with Crippen molar-refractivity contribution in [3.8, 4) is 11.1 Å². The standard InChI is InChI=1S/C31H50N2P2/c1-28(2,3)34(29(4,5)6)22-32-21-33(23-35(30(7,8)9)31(10,11)12)27-20-25(18-19-26(27)32)24-16-14-13-15-17-24/h13-20H,21-23H2,1-12H3. The zero-order valence-corrected chi connectivity index (χ0v) is 26.3. The molecule has 0 unspecified atom stereocenters. The fraction of sp³-hybridized carbons (Fsp3) is 0.613. The highest BCUT2D eigenvalue weighted by Gasteiger charge is 2.40. The Labute approximate surface area is 219 Å². The van der Waals surface area contributed by atoms with E-state index in [1.807, 2.05) is 0 Å². The second kappa shape index (κ2) is 9.99. The molecule has 0 spiro atoms. The van der Waals surface area contributed by atoms with Gasteiger partial charge in [0.1, 0.15) is 0 Å². The molecule has 0 N–H and O–H groups in total. The molecule has 194 valence electrons. The molecule has 1 aliphatic rings. The number of nitrogens with zero attached hydrogens (tertiary/aromatic N) is 2. The first-order chi connectivity index (χ1) is 15.9. The molecule has 4 heteroatoms. The average Bonchev–Trinajstić information content (AvgIpc) is 3.04. The highest BCUT2D eigenvalue weighted by atomic mass is 31.1. The summed E-state index contributed by atoms with van der Waals surface area (Å²) in [5.41, 5.74) is 5.46. The monoisotopic (exact) mass is 512 g/mol. The van der Waals surface area contributed by atoms with Gasteiger partial charge in [0.15, 0.2) is 0 Å². The van der Waals surface area contributed by atoms with Crippen molar-refractivity contribution in [2.45, 2.75) is 104 Å². The third kappa shape index (κ3) is 6.81. The lowest BCUT2D eigenvalue weighted by molar-refractivity contribution is 0.692. The third-order valence-corrected chi connectivity index (χ3v) is 14.7. The van der Waals surface area contributed by atoms with E-state index in [2.05, 4.69) is 141 Å². The molecule has 0 amide bonds. The molecule has 35 heavy (non-hydrogen) atoms. The molecule has 3 rings (SSSR count). The summed E-state index contributed by atoms with van der Waals surface area (Å²) in [5.74, 6) is 0. The Balaban J connectivity index is 2.05. The first-order valence-corrected chi connectivity index (χ1v) is 16.2. The van der Waals surface area contributed by atoms with Crippen LogP contribution < -0.4 is 9.80 Å². The highest BCUT2D eigenvalue weighted by molar-refractivity contribution is 7.61. The van der Waals surface area contributed by atoms with Crippen LogP contribution in [0.2, 0.25) is 0 Å². The molecule has 0 radical (unpaired) electrons. The number of benzene rings is 2. The van der Waals surface area contributed by atoms with E-state index in [0.29, 0.717) is 20.6 Å². The van der Waals surface area contributed by atoms with Crippen molar-refractivity contribution in [1.82, 2.24) is 0 Å². The van der Waals surface area contributed by atoms with E-state index in [-0.39, 0.29) is 15.8 Å². The molecule has 1 heterocycles. The van der Waals surface area contributed by atoms with Crippen LogP contribution >= 0.6 is 15.8 Å². The van der Waals surface area contributed by atoms with Crippen molar-refractivity contribution >= 4 is 27.2 Å². The van der Waals surface area contributed by atoms with Gasteiger partial charge < -0.3 is 9.80 Å². The first kappa shape index (κ1) is 28.5. The van der Waals surface area contributed by atoms with E-state index in [9.17, 15) is 0 Å². The summed E-state index contributed by atoms with van der Waals surface area (Å²) in [7, 11) is -0.432. The zero-order valence-electron chi connectivity index (χ0n) is 24.5. The van der Waals surface area contributed by atoms with Gasteiger partial charge in [0.2, 0.25) is 0 Å². The van der Waals surface area contributed by atoms with Gasteiger partial charge in [-0.1, -0.05) is 135 Å². The summed E-state index contributed by atoms with van der Waals surface area (Å²) in [5, 5.41) is 1.24. The maximum Gasteiger partial charge on any atom is 0.0911 e. The highest BCUT2D eigenvalue weighted by Crippen LogP contribution is 2.62. The minimum absolute atomic E-state index is 0.210. The van der Waals surface area contributed by atoms with Crippen LogP contribution in [0, 0.1) is 0 Å². The lowest BCUT2D eigenvalue weighted by Crippen LogP contribution is -2.38. The smallest absolute Gasteiger partial charge is 0.0911 e. The quantitative estimate of drug-likeness (QED) is 0.368. The minimum Gasteiger partial charge on any atom is -0.348 e. The summed E-state index contributed by atoms with van der Waals surface area (Å²) in [6.45, 7) is 30.3. The van der Waals surface area contributed by atoms with E-state index in [0.717, 1.165) is 19.2 Å². The normalized spacial score (nSPS) is 15.4. The van der Waals surface area contributed by atoms with E-state index in [1.54, 1.807) is 0 Å². The number of anilines is 2. The Hall–Kier alpha value is -1.10. The predicted molar refractivity (Wildman–Crippen MR) is 164 cm³/mol. The largest absolute Gasteiger partial charge is 0.348 e. The molecule has 0 aliphatic carbocycles. The van der Waals surface area contributed by atoms with Crippen molar-refractivity contribution in [1.29, 1.82) is 0 Å². The Morgan fingerprint density at radius 1 is 0.543 bits per heavy atom. The van der Waals surface area contributed by atoms with Crippen LogP contribution in [-0.4, -0.2) is 39.9 Å².